The lowest BCUT2D eigenvalue weighted by Crippen LogP contribution is -2.50. The number of amides is 2. The Morgan fingerprint density at radius 2 is 1.70 bits per heavy atom. The molecule has 2 aromatic carbocycles. The summed E-state index contributed by atoms with van der Waals surface area (Å²) in [7, 11) is 1.66. The lowest BCUT2D eigenvalue weighted by molar-refractivity contribution is -0.138. The van der Waals surface area contributed by atoms with E-state index in [1.165, 1.54) is 21.9 Å². The van der Waals surface area contributed by atoms with Crippen LogP contribution in [-0.2, 0) is 9.59 Å². The second-order valence-corrected chi connectivity index (χ2v) is 7.65. The summed E-state index contributed by atoms with van der Waals surface area (Å²) in [5, 5.41) is 0. The average Bonchev–Trinajstić information content (AvgIpc) is 3.20. The number of halogens is 2. The fourth-order valence-corrected chi connectivity index (χ4v) is 3.69. The minimum atomic E-state index is -1.10. The lowest BCUT2D eigenvalue weighted by Gasteiger charge is -2.29. The molecule has 0 radical (unpaired) electrons. The van der Waals surface area contributed by atoms with Crippen molar-refractivity contribution in [3.8, 4) is 11.1 Å². The summed E-state index contributed by atoms with van der Waals surface area (Å²) >= 11 is 0. The van der Waals surface area contributed by atoms with Gasteiger partial charge in [0.15, 0.2) is 0 Å². The SMILES string of the molecule is CCN(C)C(=O)[C@@H](c1ccc(-c2ccc(F)cc2)cc1)[C@H](N)C(=O)N1CC[C@H](F)C1. The lowest BCUT2D eigenvalue weighted by atomic mass is 9.88. The predicted octanol–water partition coefficient (Wildman–Crippen LogP) is 2.95. The van der Waals surface area contributed by atoms with E-state index in [1.54, 1.807) is 31.3 Å². The average molecular weight is 415 g/mol. The van der Waals surface area contributed by atoms with Crippen molar-refractivity contribution >= 4 is 11.8 Å². The van der Waals surface area contributed by atoms with Gasteiger partial charge in [-0.25, -0.2) is 8.78 Å². The zero-order valence-electron chi connectivity index (χ0n) is 17.2. The van der Waals surface area contributed by atoms with Crippen molar-refractivity contribution in [2.45, 2.75) is 31.5 Å². The van der Waals surface area contributed by atoms with E-state index in [0.717, 1.165) is 11.1 Å². The van der Waals surface area contributed by atoms with Crippen molar-refractivity contribution in [2.75, 3.05) is 26.7 Å². The third-order valence-electron chi connectivity index (χ3n) is 5.65. The first-order valence-corrected chi connectivity index (χ1v) is 10.1. The molecule has 3 rings (SSSR count). The number of carbonyl (C=O) groups is 2. The van der Waals surface area contributed by atoms with Gasteiger partial charge in [0, 0.05) is 20.1 Å². The molecule has 0 aromatic heterocycles. The van der Waals surface area contributed by atoms with Crippen LogP contribution >= 0.6 is 0 Å². The van der Waals surface area contributed by atoms with Gasteiger partial charge in [-0.1, -0.05) is 36.4 Å². The molecule has 0 bridgehead atoms. The highest BCUT2D eigenvalue weighted by molar-refractivity contribution is 5.93. The van der Waals surface area contributed by atoms with E-state index in [-0.39, 0.29) is 24.7 Å². The van der Waals surface area contributed by atoms with Crippen molar-refractivity contribution in [3.63, 3.8) is 0 Å². The van der Waals surface area contributed by atoms with Gasteiger partial charge in [0.05, 0.1) is 12.5 Å². The molecule has 7 heteroatoms. The molecule has 2 amide bonds. The van der Waals surface area contributed by atoms with Gasteiger partial charge in [0.25, 0.3) is 0 Å². The Labute approximate surface area is 175 Å². The summed E-state index contributed by atoms with van der Waals surface area (Å²) in [6.45, 7) is 2.64. The number of hydrogen-bond donors (Lipinski definition) is 1. The largest absolute Gasteiger partial charge is 0.345 e. The molecule has 1 saturated heterocycles. The van der Waals surface area contributed by atoms with Gasteiger partial charge in [-0.15, -0.1) is 0 Å². The summed E-state index contributed by atoms with van der Waals surface area (Å²) in [4.78, 5) is 28.8. The van der Waals surface area contributed by atoms with E-state index in [1.807, 2.05) is 19.1 Å². The zero-order chi connectivity index (χ0) is 21.8. The molecule has 2 N–H and O–H groups in total. The maximum atomic E-state index is 13.6. The van der Waals surface area contributed by atoms with E-state index in [0.29, 0.717) is 18.7 Å². The van der Waals surface area contributed by atoms with E-state index in [9.17, 15) is 18.4 Å². The standard InChI is InChI=1S/C23H27F2N3O2/c1-3-27(2)22(29)20(21(26)23(30)28-13-12-19(25)14-28)17-6-4-15(5-7-17)16-8-10-18(24)11-9-16/h4-11,19-21H,3,12-14,26H2,1-2H3/t19-,20-,21-/m0/s1. The molecule has 2 aromatic rings. The van der Waals surface area contributed by atoms with Crippen LogP contribution in [0, 0.1) is 5.82 Å². The summed E-state index contributed by atoms with van der Waals surface area (Å²) in [6, 6.07) is 12.2. The molecular weight excluding hydrogens is 388 g/mol. The number of rotatable bonds is 6. The number of hydrogen-bond acceptors (Lipinski definition) is 3. The van der Waals surface area contributed by atoms with Crippen LogP contribution in [-0.4, -0.2) is 60.5 Å². The molecule has 3 atom stereocenters. The Bertz CT molecular complexity index is 886. The highest BCUT2D eigenvalue weighted by atomic mass is 19.1. The van der Waals surface area contributed by atoms with Crippen molar-refractivity contribution in [3.05, 3.63) is 59.9 Å². The first-order chi connectivity index (χ1) is 14.3. The first kappa shape index (κ1) is 21.9. The van der Waals surface area contributed by atoms with E-state index >= 15 is 0 Å². The monoisotopic (exact) mass is 415 g/mol. The van der Waals surface area contributed by atoms with Gasteiger partial charge in [-0.05, 0) is 42.2 Å². The predicted molar refractivity (Wildman–Crippen MR) is 112 cm³/mol. The van der Waals surface area contributed by atoms with Gasteiger partial charge in [-0.2, -0.15) is 0 Å². The summed E-state index contributed by atoms with van der Waals surface area (Å²) in [5.74, 6) is -1.86. The number of likely N-dealkylation sites (N-methyl/N-ethyl adjacent to an activating group) is 1. The summed E-state index contributed by atoms with van der Waals surface area (Å²) < 4.78 is 26.7. The van der Waals surface area contributed by atoms with E-state index in [2.05, 4.69) is 0 Å². The molecule has 0 aliphatic carbocycles. The van der Waals surface area contributed by atoms with Crippen molar-refractivity contribution in [2.24, 2.45) is 5.73 Å². The van der Waals surface area contributed by atoms with Crippen molar-refractivity contribution < 1.29 is 18.4 Å². The maximum absolute atomic E-state index is 13.6. The number of likely N-dealkylation sites (tertiary alicyclic amines) is 1. The molecule has 0 saturated carbocycles. The Hall–Kier alpha value is -2.80. The number of nitrogens with zero attached hydrogens (tertiary/aromatic N) is 2. The first-order valence-electron chi connectivity index (χ1n) is 10.1. The molecule has 1 heterocycles. The molecule has 1 fully saturated rings. The van der Waals surface area contributed by atoms with Crippen LogP contribution in [0.4, 0.5) is 8.78 Å². The van der Waals surface area contributed by atoms with Crippen LogP contribution in [0.25, 0.3) is 11.1 Å². The van der Waals surface area contributed by atoms with Crippen LogP contribution in [0.3, 0.4) is 0 Å². The van der Waals surface area contributed by atoms with Crippen LogP contribution in [0.1, 0.15) is 24.8 Å². The Balaban J connectivity index is 1.89. The van der Waals surface area contributed by atoms with Crippen molar-refractivity contribution in [1.29, 1.82) is 0 Å². The molecule has 5 nitrogen and oxygen atoms in total. The quantitative estimate of drug-likeness (QED) is 0.789. The van der Waals surface area contributed by atoms with Crippen LogP contribution in [0.5, 0.6) is 0 Å². The van der Waals surface area contributed by atoms with E-state index in [4.69, 9.17) is 5.73 Å². The Morgan fingerprint density at radius 1 is 1.13 bits per heavy atom. The fraction of sp³-hybridized carbons (Fsp3) is 0.391. The normalized spacial score (nSPS) is 18.2. The van der Waals surface area contributed by atoms with Gasteiger partial charge in [-0.3, -0.25) is 9.59 Å². The number of alkyl halides is 1. The molecule has 0 spiro atoms. The number of carbonyl (C=O) groups excluding carboxylic acids is 2. The van der Waals surface area contributed by atoms with Crippen LogP contribution in [0.2, 0.25) is 0 Å². The third-order valence-corrected chi connectivity index (χ3v) is 5.65. The molecule has 160 valence electrons. The number of nitrogens with two attached hydrogens (primary N) is 1. The highest BCUT2D eigenvalue weighted by Crippen LogP contribution is 2.27. The molecular formula is C23H27F2N3O2. The van der Waals surface area contributed by atoms with Crippen LogP contribution in [0.15, 0.2) is 48.5 Å². The van der Waals surface area contributed by atoms with Crippen molar-refractivity contribution in [1.82, 2.24) is 9.80 Å². The minimum absolute atomic E-state index is 0.0144. The van der Waals surface area contributed by atoms with Crippen LogP contribution < -0.4 is 5.73 Å². The molecule has 1 aliphatic rings. The maximum Gasteiger partial charge on any atom is 0.240 e. The van der Waals surface area contributed by atoms with Gasteiger partial charge < -0.3 is 15.5 Å². The number of benzene rings is 2. The molecule has 0 unspecified atom stereocenters. The fourth-order valence-electron chi connectivity index (χ4n) is 3.69. The molecule has 30 heavy (non-hydrogen) atoms. The van der Waals surface area contributed by atoms with Gasteiger partial charge >= 0.3 is 0 Å². The Kier molecular flexibility index (Phi) is 6.82. The summed E-state index contributed by atoms with van der Waals surface area (Å²) in [6.07, 6.45) is -0.762. The topological polar surface area (TPSA) is 66.6 Å². The second kappa shape index (κ2) is 9.34. The zero-order valence-corrected chi connectivity index (χ0v) is 17.2. The van der Waals surface area contributed by atoms with Gasteiger partial charge in [0.1, 0.15) is 18.0 Å². The molecule has 1 aliphatic heterocycles. The third kappa shape index (κ3) is 4.67. The minimum Gasteiger partial charge on any atom is -0.345 e. The Morgan fingerprint density at radius 3 is 2.20 bits per heavy atom. The van der Waals surface area contributed by atoms with Gasteiger partial charge in [0.2, 0.25) is 11.8 Å². The summed E-state index contributed by atoms with van der Waals surface area (Å²) in [5.41, 5.74) is 8.58. The smallest absolute Gasteiger partial charge is 0.240 e. The van der Waals surface area contributed by atoms with E-state index < -0.39 is 24.0 Å². The second-order valence-electron chi connectivity index (χ2n) is 7.65. The highest BCUT2D eigenvalue weighted by Gasteiger charge is 2.38.